The van der Waals surface area contributed by atoms with Crippen molar-refractivity contribution in [3.63, 3.8) is 0 Å². The van der Waals surface area contributed by atoms with Crippen molar-refractivity contribution in [3.8, 4) is 0 Å². The van der Waals surface area contributed by atoms with Crippen molar-refractivity contribution >= 4 is 11.8 Å². The molecule has 0 nitrogen and oxygen atoms in total. The van der Waals surface area contributed by atoms with E-state index in [-0.39, 0.29) is 0 Å². The quantitative estimate of drug-likeness (QED) is 0.345. The minimum absolute atomic E-state index is 1.22. The van der Waals surface area contributed by atoms with E-state index < -0.39 is 0 Å². The van der Waals surface area contributed by atoms with Gasteiger partial charge in [-0.25, -0.2) is 0 Å². The van der Waals surface area contributed by atoms with E-state index >= 15 is 0 Å². The summed E-state index contributed by atoms with van der Waals surface area (Å²) in [5.74, 6) is 0. The summed E-state index contributed by atoms with van der Waals surface area (Å²) in [6.07, 6.45) is 21.2. The highest BCUT2D eigenvalue weighted by Gasteiger charge is 1.92. The molecule has 0 N–H and O–H groups in total. The molecule has 0 atom stereocenters. The van der Waals surface area contributed by atoms with Crippen molar-refractivity contribution in [1.29, 1.82) is 0 Å². The topological polar surface area (TPSA) is 0 Å². The number of rotatable bonds is 13. The van der Waals surface area contributed by atoms with E-state index in [2.05, 4.69) is 24.7 Å². The van der Waals surface area contributed by atoms with Crippen LogP contribution in [0.15, 0.2) is 6.08 Å². The Morgan fingerprint density at radius 3 is 1.71 bits per heavy atom. The minimum atomic E-state index is 1.22. The first kappa shape index (κ1) is 17.1. The van der Waals surface area contributed by atoms with Crippen molar-refractivity contribution in [3.05, 3.63) is 11.5 Å². The summed E-state index contributed by atoms with van der Waals surface area (Å²) in [6.45, 7) is 2.28. The summed E-state index contributed by atoms with van der Waals surface area (Å²) in [5.41, 5.74) is 0. The molecule has 0 amide bonds. The van der Waals surface area contributed by atoms with Gasteiger partial charge >= 0.3 is 0 Å². The van der Waals surface area contributed by atoms with E-state index in [1.54, 1.807) is 11.8 Å². The molecule has 0 saturated heterocycles. The molecule has 17 heavy (non-hydrogen) atoms. The van der Waals surface area contributed by atoms with Crippen LogP contribution in [-0.4, -0.2) is 6.26 Å². The van der Waals surface area contributed by atoms with Crippen LogP contribution < -0.4 is 0 Å². The maximum Gasteiger partial charge on any atom is 0.0162 e. The van der Waals surface area contributed by atoms with Gasteiger partial charge in [-0.1, -0.05) is 77.2 Å². The van der Waals surface area contributed by atoms with Gasteiger partial charge in [0.25, 0.3) is 0 Å². The van der Waals surface area contributed by atoms with Gasteiger partial charge in [0.15, 0.2) is 0 Å². The third-order valence-corrected chi connectivity index (χ3v) is 3.56. The average molecular weight is 255 g/mol. The predicted molar refractivity (Wildman–Crippen MR) is 82.4 cm³/mol. The van der Waals surface area contributed by atoms with E-state index in [4.69, 9.17) is 0 Å². The van der Waals surface area contributed by atoms with E-state index in [1.807, 2.05) is 0 Å². The Balaban J connectivity index is 2.91. The van der Waals surface area contributed by atoms with Gasteiger partial charge < -0.3 is 0 Å². The molecule has 0 spiro atoms. The fourth-order valence-corrected chi connectivity index (χ4v) is 2.34. The second kappa shape index (κ2) is 16.1. The molecular formula is C16H31S. The molecule has 0 rings (SSSR count). The second-order valence-corrected chi connectivity index (χ2v) is 5.49. The molecule has 1 heteroatoms. The zero-order valence-electron chi connectivity index (χ0n) is 12.0. The Kier molecular flexibility index (Phi) is 16.2. The maximum atomic E-state index is 3.18. The summed E-state index contributed by atoms with van der Waals surface area (Å²) in [4.78, 5) is 0. The fourth-order valence-electron chi connectivity index (χ4n) is 2.05. The zero-order valence-corrected chi connectivity index (χ0v) is 12.8. The van der Waals surface area contributed by atoms with Gasteiger partial charge in [-0.2, -0.15) is 0 Å². The van der Waals surface area contributed by atoms with Crippen LogP contribution in [0.2, 0.25) is 0 Å². The average Bonchev–Trinajstić information content (AvgIpc) is 2.35. The molecule has 0 aromatic rings. The Bertz CT molecular complexity index is 152. The Labute approximate surface area is 114 Å². The molecule has 0 aliphatic carbocycles. The third kappa shape index (κ3) is 16.1. The molecule has 1 radical (unpaired) electrons. The van der Waals surface area contributed by atoms with Crippen LogP contribution >= 0.6 is 11.8 Å². The smallest absolute Gasteiger partial charge is 0.0162 e. The summed E-state index contributed by atoms with van der Waals surface area (Å²) in [7, 11) is 0. The van der Waals surface area contributed by atoms with Gasteiger partial charge in [0, 0.05) is 5.41 Å². The van der Waals surface area contributed by atoms with Crippen molar-refractivity contribution in [1.82, 2.24) is 0 Å². The van der Waals surface area contributed by atoms with Crippen LogP contribution in [0.5, 0.6) is 0 Å². The highest BCUT2D eigenvalue weighted by molar-refractivity contribution is 8.00. The van der Waals surface area contributed by atoms with Crippen LogP contribution in [0.4, 0.5) is 0 Å². The van der Waals surface area contributed by atoms with Crippen molar-refractivity contribution in [2.24, 2.45) is 0 Å². The molecule has 0 heterocycles. The van der Waals surface area contributed by atoms with Gasteiger partial charge in [-0.05, 0) is 19.1 Å². The first-order valence-electron chi connectivity index (χ1n) is 7.52. The monoisotopic (exact) mass is 255 g/mol. The number of hydrogen-bond acceptors (Lipinski definition) is 1. The molecular weight excluding hydrogens is 224 g/mol. The molecule has 0 aromatic carbocycles. The van der Waals surface area contributed by atoms with E-state index in [0.717, 1.165) is 0 Å². The van der Waals surface area contributed by atoms with Crippen LogP contribution in [0, 0.1) is 5.41 Å². The highest BCUT2D eigenvalue weighted by atomic mass is 32.2. The standard InChI is InChI=1S/C16H31S/c1-3-4-5-6-7-8-9-10-11-12-13-14-15-16-17-2/h15H,3-14H2,1-2H3. The molecule has 0 aromatic heterocycles. The summed E-state index contributed by atoms with van der Waals surface area (Å²) in [6, 6.07) is 0. The fraction of sp³-hybridized carbons (Fsp3) is 0.875. The third-order valence-electron chi connectivity index (χ3n) is 3.15. The Hall–Kier alpha value is 0.0900. The van der Waals surface area contributed by atoms with Crippen molar-refractivity contribution < 1.29 is 0 Å². The number of allylic oxidation sites excluding steroid dienone is 1. The van der Waals surface area contributed by atoms with E-state index in [0.29, 0.717) is 0 Å². The van der Waals surface area contributed by atoms with Gasteiger partial charge in [-0.15, -0.1) is 11.8 Å². The van der Waals surface area contributed by atoms with Gasteiger partial charge in [0.1, 0.15) is 0 Å². The summed E-state index contributed by atoms with van der Waals surface area (Å²) >= 11 is 1.68. The zero-order chi connectivity index (χ0) is 12.6. The first-order chi connectivity index (χ1) is 8.41. The Morgan fingerprint density at radius 1 is 0.765 bits per heavy atom. The van der Waals surface area contributed by atoms with Gasteiger partial charge in [0.05, 0.1) is 0 Å². The van der Waals surface area contributed by atoms with Crippen molar-refractivity contribution in [2.45, 2.75) is 84.0 Å². The molecule has 0 saturated carbocycles. The molecule has 0 aliphatic rings. The molecule has 101 valence electrons. The van der Waals surface area contributed by atoms with E-state index in [9.17, 15) is 0 Å². The lowest BCUT2D eigenvalue weighted by Gasteiger charge is -2.01. The largest absolute Gasteiger partial charge is 0.129 e. The number of hydrogen-bond donors (Lipinski definition) is 0. The lowest BCUT2D eigenvalue weighted by atomic mass is 10.1. The minimum Gasteiger partial charge on any atom is -0.129 e. The van der Waals surface area contributed by atoms with Gasteiger partial charge in [-0.3, -0.25) is 0 Å². The maximum absolute atomic E-state index is 3.18. The van der Waals surface area contributed by atoms with Crippen LogP contribution in [0.3, 0.4) is 0 Å². The first-order valence-corrected chi connectivity index (χ1v) is 8.74. The van der Waals surface area contributed by atoms with Crippen LogP contribution in [0.1, 0.15) is 84.0 Å². The van der Waals surface area contributed by atoms with E-state index in [1.165, 1.54) is 77.0 Å². The molecule has 0 bridgehead atoms. The predicted octanol–water partition coefficient (Wildman–Crippen LogP) is 6.37. The number of thioether (sulfide) groups is 1. The lowest BCUT2D eigenvalue weighted by Crippen LogP contribution is -1.81. The summed E-state index contributed by atoms with van der Waals surface area (Å²) in [5, 5.41) is 3.18. The molecule has 0 fully saturated rings. The highest BCUT2D eigenvalue weighted by Crippen LogP contribution is 2.12. The number of unbranched alkanes of at least 4 members (excludes halogenated alkanes) is 11. The SMILES string of the molecule is CCCCCCCCCCCCC/C=[C]\SC. The molecule has 0 unspecified atom stereocenters. The van der Waals surface area contributed by atoms with Gasteiger partial charge in [0.2, 0.25) is 0 Å². The lowest BCUT2D eigenvalue weighted by molar-refractivity contribution is 0.550. The summed E-state index contributed by atoms with van der Waals surface area (Å²) < 4.78 is 0. The molecule has 0 aliphatic heterocycles. The second-order valence-electron chi connectivity index (χ2n) is 4.85. The normalized spacial score (nSPS) is 11.4. The van der Waals surface area contributed by atoms with Crippen LogP contribution in [0.25, 0.3) is 0 Å². The van der Waals surface area contributed by atoms with Crippen molar-refractivity contribution in [2.75, 3.05) is 6.26 Å². The Morgan fingerprint density at radius 2 is 1.24 bits per heavy atom. The van der Waals surface area contributed by atoms with Crippen LogP contribution in [-0.2, 0) is 0 Å².